The standard InChI is InChI=1S/C27H35N5O9/c1-5-39-26(38)31-13-11-30(12-14-31)25(37)20(16-23(35)41-27(2,3)4)28-24(36)19-15-21(40-17-22(33)34)32(29-19)18-9-7-6-8-10-18/h6-10,15,20H,5,11-14,16-17H2,1-4H3,(H,28,36)(H,33,34). The van der Waals surface area contributed by atoms with Gasteiger partial charge in [0, 0.05) is 32.2 Å². The van der Waals surface area contributed by atoms with E-state index in [4.69, 9.17) is 19.3 Å². The molecule has 1 fully saturated rings. The predicted molar refractivity (Wildman–Crippen MR) is 144 cm³/mol. The van der Waals surface area contributed by atoms with Gasteiger partial charge in [0.1, 0.15) is 11.6 Å². The normalized spacial score (nSPS) is 14.1. The zero-order chi connectivity index (χ0) is 30.2. The lowest BCUT2D eigenvalue weighted by Crippen LogP contribution is -2.56. The van der Waals surface area contributed by atoms with E-state index in [-0.39, 0.29) is 44.4 Å². The Kier molecular flexibility index (Phi) is 10.3. The van der Waals surface area contributed by atoms with E-state index in [1.165, 1.54) is 20.5 Å². The highest BCUT2D eigenvalue weighted by atomic mass is 16.6. The number of aromatic nitrogens is 2. The molecular formula is C27H35N5O9. The van der Waals surface area contributed by atoms with E-state index in [1.54, 1.807) is 58.0 Å². The van der Waals surface area contributed by atoms with Gasteiger partial charge in [-0.3, -0.25) is 14.4 Å². The van der Waals surface area contributed by atoms with E-state index in [0.29, 0.717) is 5.69 Å². The van der Waals surface area contributed by atoms with E-state index < -0.39 is 54.5 Å². The Morgan fingerprint density at radius 1 is 1.02 bits per heavy atom. The highest BCUT2D eigenvalue weighted by Gasteiger charge is 2.34. The number of hydrogen-bond acceptors (Lipinski definition) is 9. The molecule has 0 saturated carbocycles. The van der Waals surface area contributed by atoms with Crippen LogP contribution in [0.4, 0.5) is 4.79 Å². The number of carbonyl (C=O) groups excluding carboxylic acids is 4. The second-order valence-electron chi connectivity index (χ2n) is 10.1. The van der Waals surface area contributed by atoms with Crippen LogP contribution in [-0.4, -0.2) is 106 Å². The fraction of sp³-hybridized carbons (Fsp3) is 0.481. The molecule has 0 spiro atoms. The summed E-state index contributed by atoms with van der Waals surface area (Å²) < 4.78 is 17.0. The molecule has 1 aromatic carbocycles. The summed E-state index contributed by atoms with van der Waals surface area (Å²) in [6.45, 7) is 7.11. The average molecular weight is 574 g/mol. The predicted octanol–water partition coefficient (Wildman–Crippen LogP) is 1.47. The molecule has 3 rings (SSSR count). The molecule has 41 heavy (non-hydrogen) atoms. The van der Waals surface area contributed by atoms with E-state index in [0.717, 1.165) is 0 Å². The van der Waals surface area contributed by atoms with Crippen molar-refractivity contribution in [3.05, 3.63) is 42.1 Å². The van der Waals surface area contributed by atoms with Crippen LogP contribution in [0.2, 0.25) is 0 Å². The van der Waals surface area contributed by atoms with Crippen LogP contribution in [0.5, 0.6) is 5.88 Å². The molecule has 1 aliphatic rings. The molecular weight excluding hydrogens is 538 g/mol. The molecule has 1 unspecified atom stereocenters. The summed E-state index contributed by atoms with van der Waals surface area (Å²) >= 11 is 0. The zero-order valence-corrected chi connectivity index (χ0v) is 23.5. The molecule has 222 valence electrons. The Bertz CT molecular complexity index is 1250. The van der Waals surface area contributed by atoms with Gasteiger partial charge in [0.2, 0.25) is 11.8 Å². The largest absolute Gasteiger partial charge is 0.479 e. The number of carbonyl (C=O) groups is 5. The quantitative estimate of drug-likeness (QED) is 0.397. The van der Waals surface area contributed by atoms with Crippen molar-refractivity contribution in [2.45, 2.75) is 45.8 Å². The maximum Gasteiger partial charge on any atom is 0.409 e. The Balaban J connectivity index is 1.82. The molecule has 1 aromatic heterocycles. The van der Waals surface area contributed by atoms with Gasteiger partial charge in [-0.05, 0) is 39.8 Å². The smallest absolute Gasteiger partial charge is 0.409 e. The van der Waals surface area contributed by atoms with Crippen LogP contribution in [-0.2, 0) is 23.9 Å². The van der Waals surface area contributed by atoms with Crippen molar-refractivity contribution in [3.8, 4) is 11.6 Å². The molecule has 2 N–H and O–H groups in total. The average Bonchev–Trinajstić information content (AvgIpc) is 3.35. The molecule has 3 amide bonds. The lowest BCUT2D eigenvalue weighted by atomic mass is 10.1. The van der Waals surface area contributed by atoms with Crippen LogP contribution in [0, 0.1) is 0 Å². The Labute approximate surface area is 237 Å². The number of ether oxygens (including phenoxy) is 3. The third-order valence-corrected chi connectivity index (χ3v) is 5.77. The van der Waals surface area contributed by atoms with Crippen molar-refractivity contribution < 1.29 is 43.3 Å². The minimum atomic E-state index is -1.29. The summed E-state index contributed by atoms with van der Waals surface area (Å²) in [5, 5.41) is 15.9. The summed E-state index contributed by atoms with van der Waals surface area (Å²) in [6.07, 6.45) is -0.921. The number of esters is 1. The first-order chi connectivity index (χ1) is 19.4. The number of carboxylic acids is 1. The van der Waals surface area contributed by atoms with Crippen molar-refractivity contribution in [2.75, 3.05) is 39.4 Å². The van der Waals surface area contributed by atoms with Crippen LogP contribution in [0.1, 0.15) is 44.6 Å². The fourth-order valence-electron chi connectivity index (χ4n) is 3.99. The van der Waals surface area contributed by atoms with Crippen molar-refractivity contribution in [2.24, 2.45) is 0 Å². The molecule has 1 aliphatic heterocycles. The molecule has 0 aliphatic carbocycles. The van der Waals surface area contributed by atoms with Gasteiger partial charge in [-0.15, -0.1) is 0 Å². The van der Waals surface area contributed by atoms with Crippen LogP contribution >= 0.6 is 0 Å². The minimum Gasteiger partial charge on any atom is -0.479 e. The minimum absolute atomic E-state index is 0.00569. The highest BCUT2D eigenvalue weighted by Crippen LogP contribution is 2.20. The number of benzene rings is 1. The van der Waals surface area contributed by atoms with E-state index in [1.807, 2.05) is 0 Å². The van der Waals surface area contributed by atoms with Crippen molar-refractivity contribution in [1.82, 2.24) is 24.9 Å². The van der Waals surface area contributed by atoms with Gasteiger partial charge >= 0.3 is 18.0 Å². The lowest BCUT2D eigenvalue weighted by Gasteiger charge is -2.35. The van der Waals surface area contributed by atoms with Gasteiger partial charge < -0.3 is 34.4 Å². The molecule has 0 bridgehead atoms. The topological polar surface area (TPSA) is 170 Å². The zero-order valence-electron chi connectivity index (χ0n) is 23.5. The maximum absolute atomic E-state index is 13.5. The van der Waals surface area contributed by atoms with Crippen LogP contribution in [0.15, 0.2) is 36.4 Å². The summed E-state index contributed by atoms with van der Waals surface area (Å²) in [6, 6.07) is 8.57. The number of nitrogens with one attached hydrogen (secondary N) is 1. The Morgan fingerprint density at radius 3 is 2.24 bits per heavy atom. The van der Waals surface area contributed by atoms with Crippen LogP contribution in [0.25, 0.3) is 5.69 Å². The first-order valence-corrected chi connectivity index (χ1v) is 13.1. The molecule has 14 heteroatoms. The number of amides is 3. The van der Waals surface area contributed by atoms with E-state index in [9.17, 15) is 24.0 Å². The number of carboxylic acid groups (broad SMARTS) is 1. The van der Waals surface area contributed by atoms with Crippen molar-refractivity contribution in [1.29, 1.82) is 0 Å². The van der Waals surface area contributed by atoms with Crippen molar-refractivity contribution in [3.63, 3.8) is 0 Å². The molecule has 1 atom stereocenters. The number of hydrogen-bond donors (Lipinski definition) is 2. The SMILES string of the molecule is CCOC(=O)N1CCN(C(=O)C(CC(=O)OC(C)(C)C)NC(=O)c2cc(OCC(=O)O)n(-c3ccccc3)n2)CC1. The van der Waals surface area contributed by atoms with Gasteiger partial charge in [0.05, 0.1) is 18.7 Å². The number of para-hydroxylation sites is 1. The highest BCUT2D eigenvalue weighted by molar-refractivity contribution is 5.97. The number of nitrogens with zero attached hydrogens (tertiary/aromatic N) is 4. The summed E-state index contributed by atoms with van der Waals surface area (Å²) in [4.78, 5) is 65.5. The Morgan fingerprint density at radius 2 is 1.66 bits per heavy atom. The monoisotopic (exact) mass is 573 g/mol. The molecule has 0 radical (unpaired) electrons. The maximum atomic E-state index is 13.5. The van der Waals surface area contributed by atoms with Crippen LogP contribution in [0.3, 0.4) is 0 Å². The first-order valence-electron chi connectivity index (χ1n) is 13.1. The number of aliphatic carboxylic acids is 1. The second-order valence-corrected chi connectivity index (χ2v) is 10.1. The third kappa shape index (κ3) is 8.95. The summed E-state index contributed by atoms with van der Waals surface area (Å²) in [5.41, 5.74) is -0.471. The van der Waals surface area contributed by atoms with Gasteiger partial charge in [-0.25, -0.2) is 14.3 Å². The second kappa shape index (κ2) is 13.6. The van der Waals surface area contributed by atoms with E-state index >= 15 is 0 Å². The Hall–Kier alpha value is -4.62. The first kappa shape index (κ1) is 30.9. The van der Waals surface area contributed by atoms with Gasteiger partial charge in [0.15, 0.2) is 12.3 Å². The number of piperazine rings is 1. The molecule has 14 nitrogen and oxygen atoms in total. The van der Waals surface area contributed by atoms with Crippen molar-refractivity contribution >= 4 is 29.8 Å². The van der Waals surface area contributed by atoms with Gasteiger partial charge in [-0.1, -0.05) is 18.2 Å². The summed E-state index contributed by atoms with van der Waals surface area (Å²) in [7, 11) is 0. The lowest BCUT2D eigenvalue weighted by molar-refractivity contribution is -0.157. The van der Waals surface area contributed by atoms with E-state index in [2.05, 4.69) is 10.4 Å². The van der Waals surface area contributed by atoms with Crippen LogP contribution < -0.4 is 10.1 Å². The third-order valence-electron chi connectivity index (χ3n) is 5.77. The fourth-order valence-corrected chi connectivity index (χ4v) is 3.99. The molecule has 1 saturated heterocycles. The number of rotatable bonds is 10. The van der Waals surface area contributed by atoms with Gasteiger partial charge in [-0.2, -0.15) is 5.10 Å². The molecule has 2 heterocycles. The van der Waals surface area contributed by atoms with Gasteiger partial charge in [0.25, 0.3) is 5.91 Å². The summed E-state index contributed by atoms with van der Waals surface area (Å²) in [5.74, 6) is -3.23. The molecule has 2 aromatic rings.